The monoisotopic (exact) mass is 269 g/mol. The van der Waals surface area contributed by atoms with Crippen molar-refractivity contribution >= 4 is 15.9 Å². The first-order valence-electron chi connectivity index (χ1n) is 5.32. The van der Waals surface area contributed by atoms with Crippen LogP contribution < -0.4 is 5.73 Å². The van der Waals surface area contributed by atoms with Crippen LogP contribution in [0.5, 0.6) is 0 Å². The van der Waals surface area contributed by atoms with Crippen LogP contribution in [0.1, 0.15) is 31.2 Å². The molecule has 1 aromatic rings. The minimum absolute atomic E-state index is 0.0523. The Morgan fingerprint density at radius 1 is 1.20 bits per heavy atom. The summed E-state index contributed by atoms with van der Waals surface area (Å²) in [5, 5.41) is 0. The second-order valence-corrected chi connectivity index (χ2v) is 5.63. The van der Waals surface area contributed by atoms with E-state index >= 15 is 0 Å². The van der Waals surface area contributed by atoms with Crippen molar-refractivity contribution in [3.8, 4) is 0 Å². The first-order chi connectivity index (χ1) is 7.09. The Kier molecular flexibility index (Phi) is 1.85. The molecule has 0 heterocycles. The van der Waals surface area contributed by atoms with E-state index < -0.39 is 0 Å². The zero-order valence-corrected chi connectivity index (χ0v) is 9.98. The number of rotatable bonds is 2. The lowest BCUT2D eigenvalue weighted by Crippen LogP contribution is -2.37. The maximum absolute atomic E-state index is 13.5. The van der Waals surface area contributed by atoms with Gasteiger partial charge < -0.3 is 5.73 Å². The molecular formula is C12H13BrFN. The molecule has 2 aliphatic carbocycles. The zero-order chi connectivity index (χ0) is 10.7. The number of nitrogens with two attached hydrogens (primary N) is 1. The van der Waals surface area contributed by atoms with Crippen LogP contribution in [0.2, 0.25) is 0 Å². The number of benzene rings is 1. The molecule has 0 aliphatic heterocycles. The number of hydrogen-bond donors (Lipinski definition) is 1. The van der Waals surface area contributed by atoms with Crippen molar-refractivity contribution in [1.82, 2.24) is 0 Å². The van der Waals surface area contributed by atoms with Gasteiger partial charge >= 0.3 is 0 Å². The van der Waals surface area contributed by atoms with Gasteiger partial charge in [-0.2, -0.15) is 0 Å². The summed E-state index contributed by atoms with van der Waals surface area (Å²) in [6, 6.07) is 5.27. The van der Waals surface area contributed by atoms with Crippen LogP contribution in [-0.2, 0) is 5.41 Å². The summed E-state index contributed by atoms with van der Waals surface area (Å²) in [5.41, 5.74) is 7.38. The number of halogens is 2. The normalized spacial score (nSPS) is 25.0. The van der Waals surface area contributed by atoms with Crippen molar-refractivity contribution in [3.63, 3.8) is 0 Å². The van der Waals surface area contributed by atoms with Crippen LogP contribution in [0.4, 0.5) is 4.39 Å². The summed E-state index contributed by atoms with van der Waals surface area (Å²) >= 11 is 3.35. The lowest BCUT2D eigenvalue weighted by Gasteiger charge is -2.24. The highest BCUT2D eigenvalue weighted by Crippen LogP contribution is 2.64. The third kappa shape index (κ3) is 1.23. The minimum Gasteiger partial charge on any atom is -0.324 e. The van der Waals surface area contributed by atoms with Gasteiger partial charge in [0.15, 0.2) is 0 Å². The molecule has 2 N–H and O–H groups in total. The van der Waals surface area contributed by atoms with E-state index in [2.05, 4.69) is 15.9 Å². The molecule has 0 amide bonds. The lowest BCUT2D eigenvalue weighted by molar-refractivity contribution is 0.496. The molecule has 80 valence electrons. The summed E-state index contributed by atoms with van der Waals surface area (Å²) in [6.07, 6.45) is 4.36. The molecule has 2 saturated carbocycles. The second kappa shape index (κ2) is 2.83. The average molecular weight is 270 g/mol. The van der Waals surface area contributed by atoms with Crippen LogP contribution in [0, 0.1) is 5.82 Å². The molecule has 0 radical (unpaired) electrons. The third-order valence-electron chi connectivity index (χ3n) is 3.96. The van der Waals surface area contributed by atoms with Gasteiger partial charge in [-0.05, 0) is 53.2 Å². The SMILES string of the molecule is NC1(C2(c3cccc(F)c3Br)CC2)CC1. The Bertz CT molecular complexity index is 422. The Morgan fingerprint density at radius 2 is 1.87 bits per heavy atom. The van der Waals surface area contributed by atoms with Crippen molar-refractivity contribution in [2.24, 2.45) is 5.73 Å². The van der Waals surface area contributed by atoms with E-state index in [9.17, 15) is 4.39 Å². The predicted molar refractivity (Wildman–Crippen MR) is 61.2 cm³/mol. The van der Waals surface area contributed by atoms with Gasteiger partial charge in [-0.25, -0.2) is 4.39 Å². The van der Waals surface area contributed by atoms with Crippen LogP contribution in [0.15, 0.2) is 22.7 Å². The maximum Gasteiger partial charge on any atom is 0.137 e. The molecule has 2 fully saturated rings. The molecule has 3 rings (SSSR count). The largest absolute Gasteiger partial charge is 0.324 e. The quantitative estimate of drug-likeness (QED) is 0.878. The fraction of sp³-hybridized carbons (Fsp3) is 0.500. The van der Waals surface area contributed by atoms with Gasteiger partial charge in [0.2, 0.25) is 0 Å². The van der Waals surface area contributed by atoms with Gasteiger partial charge in [0.05, 0.1) is 4.47 Å². The highest BCUT2D eigenvalue weighted by atomic mass is 79.9. The van der Waals surface area contributed by atoms with Gasteiger partial charge in [0.25, 0.3) is 0 Å². The van der Waals surface area contributed by atoms with E-state index in [1.807, 2.05) is 6.07 Å². The molecule has 0 aromatic heterocycles. The topological polar surface area (TPSA) is 26.0 Å². The molecule has 0 saturated heterocycles. The van der Waals surface area contributed by atoms with E-state index in [0.29, 0.717) is 4.47 Å². The maximum atomic E-state index is 13.5. The molecular weight excluding hydrogens is 257 g/mol. The summed E-state index contributed by atoms with van der Waals surface area (Å²) in [4.78, 5) is 0. The average Bonchev–Trinajstić information content (AvgIpc) is 3.06. The summed E-state index contributed by atoms with van der Waals surface area (Å²) in [6.45, 7) is 0. The second-order valence-electron chi connectivity index (χ2n) is 4.84. The Balaban J connectivity index is 2.10. The highest BCUT2D eigenvalue weighted by Gasteiger charge is 2.64. The van der Waals surface area contributed by atoms with Crippen molar-refractivity contribution in [2.75, 3.05) is 0 Å². The highest BCUT2D eigenvalue weighted by molar-refractivity contribution is 9.10. The summed E-state index contributed by atoms with van der Waals surface area (Å²) < 4.78 is 14.1. The zero-order valence-electron chi connectivity index (χ0n) is 8.39. The van der Waals surface area contributed by atoms with E-state index in [1.54, 1.807) is 6.07 Å². The number of hydrogen-bond acceptors (Lipinski definition) is 1. The molecule has 0 unspecified atom stereocenters. The summed E-state index contributed by atoms with van der Waals surface area (Å²) in [7, 11) is 0. The fourth-order valence-corrected chi connectivity index (χ4v) is 3.29. The smallest absolute Gasteiger partial charge is 0.137 e. The predicted octanol–water partition coefficient (Wildman–Crippen LogP) is 3.11. The fourth-order valence-electron chi connectivity index (χ4n) is 2.65. The molecule has 1 nitrogen and oxygen atoms in total. The molecule has 0 bridgehead atoms. The molecule has 3 heteroatoms. The Hall–Kier alpha value is -0.410. The van der Waals surface area contributed by atoms with E-state index in [4.69, 9.17) is 5.73 Å². The Morgan fingerprint density at radius 3 is 2.40 bits per heavy atom. The van der Waals surface area contributed by atoms with Crippen molar-refractivity contribution in [3.05, 3.63) is 34.1 Å². The lowest BCUT2D eigenvalue weighted by atomic mass is 9.86. The Labute approximate surface area is 97.0 Å². The first-order valence-corrected chi connectivity index (χ1v) is 6.12. The molecule has 15 heavy (non-hydrogen) atoms. The standard InChI is InChI=1S/C12H13BrFN/c13-10-8(2-1-3-9(10)14)11(4-5-11)12(15)6-7-12/h1-3H,4-7,15H2. The summed E-state index contributed by atoms with van der Waals surface area (Å²) in [5.74, 6) is -0.178. The van der Waals surface area contributed by atoms with Crippen LogP contribution in [-0.4, -0.2) is 5.54 Å². The van der Waals surface area contributed by atoms with Gasteiger partial charge in [-0.3, -0.25) is 0 Å². The molecule has 0 atom stereocenters. The van der Waals surface area contributed by atoms with Gasteiger partial charge in [-0.15, -0.1) is 0 Å². The van der Waals surface area contributed by atoms with E-state index in [-0.39, 0.29) is 16.8 Å². The minimum atomic E-state index is -0.178. The van der Waals surface area contributed by atoms with Gasteiger partial charge in [0.1, 0.15) is 5.82 Å². The molecule has 2 aliphatic rings. The third-order valence-corrected chi connectivity index (χ3v) is 4.76. The molecule has 0 spiro atoms. The van der Waals surface area contributed by atoms with Crippen molar-refractivity contribution in [2.45, 2.75) is 36.6 Å². The van der Waals surface area contributed by atoms with E-state index in [1.165, 1.54) is 6.07 Å². The first kappa shape index (κ1) is 9.79. The van der Waals surface area contributed by atoms with Crippen LogP contribution >= 0.6 is 15.9 Å². The van der Waals surface area contributed by atoms with Gasteiger partial charge in [0, 0.05) is 11.0 Å². The van der Waals surface area contributed by atoms with Crippen molar-refractivity contribution < 1.29 is 4.39 Å². The van der Waals surface area contributed by atoms with Crippen molar-refractivity contribution in [1.29, 1.82) is 0 Å². The van der Waals surface area contributed by atoms with Crippen LogP contribution in [0.3, 0.4) is 0 Å². The molecule has 1 aromatic carbocycles. The van der Waals surface area contributed by atoms with Gasteiger partial charge in [-0.1, -0.05) is 12.1 Å². The van der Waals surface area contributed by atoms with E-state index in [0.717, 1.165) is 31.2 Å². The van der Waals surface area contributed by atoms with Crippen LogP contribution in [0.25, 0.3) is 0 Å².